The first-order chi connectivity index (χ1) is 12.3. The van der Waals surface area contributed by atoms with E-state index in [2.05, 4.69) is 6.92 Å². The Morgan fingerprint density at radius 2 is 1.28 bits per heavy atom. The fourth-order valence-electron chi connectivity index (χ4n) is 6.54. The molecule has 0 heterocycles. The van der Waals surface area contributed by atoms with Crippen molar-refractivity contribution in [2.45, 2.75) is 116 Å². The lowest BCUT2D eigenvalue weighted by atomic mass is 9.65. The Balaban J connectivity index is 1.35. The van der Waals surface area contributed by atoms with E-state index in [9.17, 15) is 0 Å². The first kappa shape index (κ1) is 19.7. The van der Waals surface area contributed by atoms with Gasteiger partial charge in [0, 0.05) is 7.11 Å². The van der Waals surface area contributed by atoms with Crippen LogP contribution in [-0.4, -0.2) is 13.2 Å². The smallest absolute Gasteiger partial charge is 0.0574 e. The van der Waals surface area contributed by atoms with Crippen LogP contribution in [0.25, 0.3) is 0 Å². The predicted molar refractivity (Wildman–Crippen MR) is 108 cm³/mol. The van der Waals surface area contributed by atoms with Crippen molar-refractivity contribution < 1.29 is 4.74 Å². The molecule has 1 nitrogen and oxygen atoms in total. The summed E-state index contributed by atoms with van der Waals surface area (Å²) < 4.78 is 5.67. The van der Waals surface area contributed by atoms with Gasteiger partial charge in [-0.25, -0.2) is 0 Å². The minimum atomic E-state index is 0.569. The molecule has 0 aliphatic heterocycles. The third kappa shape index (κ3) is 5.72. The number of hydrogen-bond acceptors (Lipinski definition) is 1. The molecule has 3 rings (SSSR count). The lowest BCUT2D eigenvalue weighted by molar-refractivity contribution is 0.0246. The van der Waals surface area contributed by atoms with Gasteiger partial charge in [-0.1, -0.05) is 51.9 Å². The largest absolute Gasteiger partial charge is 0.381 e. The molecule has 1 heteroatoms. The Kier molecular flexibility index (Phi) is 8.15. The van der Waals surface area contributed by atoms with Gasteiger partial charge in [0.2, 0.25) is 0 Å². The van der Waals surface area contributed by atoms with Crippen LogP contribution in [0.15, 0.2) is 0 Å². The minimum Gasteiger partial charge on any atom is -0.381 e. The van der Waals surface area contributed by atoms with E-state index in [0.29, 0.717) is 6.10 Å². The summed E-state index contributed by atoms with van der Waals surface area (Å²) in [4.78, 5) is 0. The van der Waals surface area contributed by atoms with Crippen molar-refractivity contribution in [1.29, 1.82) is 0 Å². The summed E-state index contributed by atoms with van der Waals surface area (Å²) in [6.45, 7) is 2.33. The van der Waals surface area contributed by atoms with E-state index in [0.717, 1.165) is 29.6 Å². The average molecular weight is 349 g/mol. The van der Waals surface area contributed by atoms with Crippen molar-refractivity contribution in [3.05, 3.63) is 0 Å². The van der Waals surface area contributed by atoms with E-state index in [4.69, 9.17) is 4.74 Å². The second-order valence-corrected chi connectivity index (χ2v) is 9.74. The molecule has 3 aliphatic carbocycles. The molecule has 0 spiro atoms. The zero-order valence-electron chi connectivity index (χ0n) is 17.2. The summed E-state index contributed by atoms with van der Waals surface area (Å²) >= 11 is 0. The molecule has 0 aromatic heterocycles. The number of ether oxygens (including phenoxy) is 1. The van der Waals surface area contributed by atoms with Crippen LogP contribution in [0, 0.1) is 29.6 Å². The van der Waals surface area contributed by atoms with Crippen LogP contribution in [0.2, 0.25) is 0 Å². The van der Waals surface area contributed by atoms with Crippen LogP contribution >= 0.6 is 0 Å². The average Bonchev–Trinajstić information content (AvgIpc) is 2.69. The SMILES string of the molecule is CCCCCC1CCC(C2CCC([C@H]3CCC[C@@H](OC)C3)CC2)CC1. The highest BCUT2D eigenvalue weighted by Gasteiger charge is 2.34. The molecule has 0 saturated heterocycles. The molecule has 3 fully saturated rings. The molecule has 0 N–H and O–H groups in total. The molecule has 0 bridgehead atoms. The Bertz CT molecular complexity index is 349. The quantitative estimate of drug-likeness (QED) is 0.436. The molecule has 3 aliphatic rings. The molecule has 146 valence electrons. The van der Waals surface area contributed by atoms with Gasteiger partial charge in [-0.15, -0.1) is 0 Å². The summed E-state index contributed by atoms with van der Waals surface area (Å²) in [7, 11) is 1.92. The van der Waals surface area contributed by atoms with E-state index in [-0.39, 0.29) is 0 Å². The molecule has 25 heavy (non-hydrogen) atoms. The first-order valence-electron chi connectivity index (χ1n) is 11.8. The van der Waals surface area contributed by atoms with E-state index in [1.807, 2.05) is 7.11 Å². The van der Waals surface area contributed by atoms with Crippen LogP contribution in [0.5, 0.6) is 0 Å². The van der Waals surface area contributed by atoms with E-state index < -0.39 is 0 Å². The molecular weight excluding hydrogens is 304 g/mol. The van der Waals surface area contributed by atoms with Gasteiger partial charge < -0.3 is 4.74 Å². The summed E-state index contributed by atoms with van der Waals surface area (Å²) in [6.07, 6.45) is 24.3. The summed E-state index contributed by atoms with van der Waals surface area (Å²) in [5.41, 5.74) is 0. The Labute approximate surface area is 157 Å². The lowest BCUT2D eigenvalue weighted by Crippen LogP contribution is -2.31. The monoisotopic (exact) mass is 348 g/mol. The highest BCUT2D eigenvalue weighted by Crippen LogP contribution is 2.45. The standard InChI is InChI=1S/C24H44O/c1-3-4-5-7-19-10-12-20(13-11-19)21-14-16-22(17-15-21)23-8-6-9-24(18-23)25-2/h19-24H,3-18H2,1-2H3/t19?,20?,21?,22?,23-,24+/m0/s1. The molecule has 2 atom stereocenters. The normalized spacial score (nSPS) is 40.1. The maximum Gasteiger partial charge on any atom is 0.0574 e. The van der Waals surface area contributed by atoms with Gasteiger partial charge in [0.25, 0.3) is 0 Å². The zero-order chi connectivity index (χ0) is 17.5. The van der Waals surface area contributed by atoms with Crippen LogP contribution in [0.4, 0.5) is 0 Å². The topological polar surface area (TPSA) is 9.23 Å². The van der Waals surface area contributed by atoms with Gasteiger partial charge in [0.15, 0.2) is 0 Å². The number of unbranched alkanes of at least 4 members (excludes halogenated alkanes) is 2. The van der Waals surface area contributed by atoms with Crippen molar-refractivity contribution in [2.24, 2.45) is 29.6 Å². The molecule has 3 saturated carbocycles. The van der Waals surface area contributed by atoms with Crippen molar-refractivity contribution >= 4 is 0 Å². The second-order valence-electron chi connectivity index (χ2n) is 9.74. The Morgan fingerprint density at radius 3 is 1.88 bits per heavy atom. The molecule has 0 unspecified atom stereocenters. The molecule has 0 aromatic carbocycles. The summed E-state index contributed by atoms with van der Waals surface area (Å²) in [6, 6.07) is 0. The molecular formula is C24H44O. The van der Waals surface area contributed by atoms with Crippen LogP contribution in [0.1, 0.15) is 110 Å². The predicted octanol–water partition coefficient (Wildman–Crippen LogP) is 7.38. The maximum atomic E-state index is 5.67. The van der Waals surface area contributed by atoms with Crippen LogP contribution < -0.4 is 0 Å². The highest BCUT2D eigenvalue weighted by atomic mass is 16.5. The van der Waals surface area contributed by atoms with Gasteiger partial charge in [-0.2, -0.15) is 0 Å². The van der Waals surface area contributed by atoms with Crippen molar-refractivity contribution in [2.75, 3.05) is 7.11 Å². The minimum absolute atomic E-state index is 0.569. The number of rotatable bonds is 7. The van der Waals surface area contributed by atoms with Gasteiger partial charge in [0.1, 0.15) is 0 Å². The number of hydrogen-bond donors (Lipinski definition) is 0. The van der Waals surface area contributed by atoms with Crippen molar-refractivity contribution in [3.63, 3.8) is 0 Å². The highest BCUT2D eigenvalue weighted by molar-refractivity contribution is 4.86. The van der Waals surface area contributed by atoms with Gasteiger partial charge >= 0.3 is 0 Å². The third-order valence-electron chi connectivity index (χ3n) is 8.26. The first-order valence-corrected chi connectivity index (χ1v) is 11.8. The van der Waals surface area contributed by atoms with Gasteiger partial charge in [-0.05, 0) is 87.4 Å². The summed E-state index contributed by atoms with van der Waals surface area (Å²) in [5.74, 6) is 5.25. The van der Waals surface area contributed by atoms with Gasteiger partial charge in [-0.3, -0.25) is 0 Å². The van der Waals surface area contributed by atoms with Gasteiger partial charge in [0.05, 0.1) is 6.10 Å². The number of methoxy groups -OCH3 is 1. The zero-order valence-corrected chi connectivity index (χ0v) is 17.2. The Morgan fingerprint density at radius 1 is 0.680 bits per heavy atom. The van der Waals surface area contributed by atoms with Crippen LogP contribution in [-0.2, 0) is 4.74 Å². The fourth-order valence-corrected chi connectivity index (χ4v) is 6.54. The van der Waals surface area contributed by atoms with E-state index in [1.165, 1.54) is 64.2 Å². The van der Waals surface area contributed by atoms with Crippen molar-refractivity contribution in [1.82, 2.24) is 0 Å². The summed E-state index contributed by atoms with van der Waals surface area (Å²) in [5, 5.41) is 0. The third-order valence-corrected chi connectivity index (χ3v) is 8.26. The molecule has 0 amide bonds. The molecule has 0 aromatic rings. The fraction of sp³-hybridized carbons (Fsp3) is 1.00. The Hall–Kier alpha value is -0.0400. The van der Waals surface area contributed by atoms with Crippen LogP contribution in [0.3, 0.4) is 0 Å². The van der Waals surface area contributed by atoms with Crippen molar-refractivity contribution in [3.8, 4) is 0 Å². The van der Waals surface area contributed by atoms with E-state index in [1.54, 1.807) is 38.5 Å². The maximum absolute atomic E-state index is 5.67. The second kappa shape index (κ2) is 10.3. The lowest BCUT2D eigenvalue weighted by Gasteiger charge is -2.41. The van der Waals surface area contributed by atoms with E-state index >= 15 is 0 Å². The molecule has 0 radical (unpaired) electrons.